The number of imidazole rings is 1. The summed E-state index contributed by atoms with van der Waals surface area (Å²) in [4.78, 5) is 15.6. The van der Waals surface area contributed by atoms with Crippen LogP contribution in [0, 0.1) is 0 Å². The van der Waals surface area contributed by atoms with Crippen LogP contribution in [0.4, 0.5) is 0 Å². The fourth-order valence-corrected chi connectivity index (χ4v) is 2.04. The third-order valence-electron chi connectivity index (χ3n) is 3.04. The molecule has 0 bridgehead atoms. The van der Waals surface area contributed by atoms with Crippen molar-refractivity contribution < 1.29 is 14.3 Å². The van der Waals surface area contributed by atoms with E-state index in [4.69, 9.17) is 4.74 Å². The van der Waals surface area contributed by atoms with E-state index in [1.54, 1.807) is 10.7 Å². The van der Waals surface area contributed by atoms with Crippen molar-refractivity contribution in [1.82, 2.24) is 14.6 Å². The summed E-state index contributed by atoms with van der Waals surface area (Å²) in [5, 5.41) is 3.15. The van der Waals surface area contributed by atoms with Crippen molar-refractivity contribution in [1.29, 1.82) is 0 Å². The number of hydrogen-bond acceptors (Lipinski definition) is 4. The SMILES string of the molecule is COC(=O)Cc1cn2[nH]c(COc3ccccc3)cc2n1. The van der Waals surface area contributed by atoms with E-state index in [2.05, 4.69) is 14.8 Å². The average molecular weight is 285 g/mol. The molecular formula is C15H15N3O3. The number of rotatable bonds is 5. The fourth-order valence-electron chi connectivity index (χ4n) is 2.04. The Kier molecular flexibility index (Phi) is 3.59. The lowest BCUT2D eigenvalue weighted by atomic mass is 10.3. The smallest absolute Gasteiger partial charge is 0.311 e. The standard InChI is InChI=1S/C15H15N3O3/c1-20-15(19)8-11-9-18-14(16-11)7-12(17-18)10-21-13-5-3-2-4-6-13/h2-7,9,17H,8,10H2,1H3. The first-order valence-corrected chi connectivity index (χ1v) is 6.55. The number of H-pyrrole nitrogens is 1. The predicted octanol–water partition coefficient (Wildman–Crippen LogP) is 1.96. The number of para-hydroxylation sites is 1. The number of carbonyl (C=O) groups excluding carboxylic acids is 1. The molecule has 3 aromatic rings. The summed E-state index contributed by atoms with van der Waals surface area (Å²) in [5.74, 6) is 0.513. The third kappa shape index (κ3) is 3.05. The number of hydrogen-bond donors (Lipinski definition) is 1. The monoisotopic (exact) mass is 285 g/mol. The lowest BCUT2D eigenvalue weighted by Crippen LogP contribution is -2.04. The zero-order chi connectivity index (χ0) is 14.7. The molecule has 0 atom stereocenters. The Morgan fingerprint density at radius 2 is 2.14 bits per heavy atom. The Bertz CT molecular complexity index is 714. The quantitative estimate of drug-likeness (QED) is 0.728. The van der Waals surface area contributed by atoms with Crippen molar-refractivity contribution in [3.63, 3.8) is 0 Å². The number of carbonyl (C=O) groups is 1. The number of nitrogens with zero attached hydrogens (tertiary/aromatic N) is 2. The highest BCUT2D eigenvalue weighted by atomic mass is 16.5. The Labute approximate surface area is 121 Å². The molecular weight excluding hydrogens is 270 g/mol. The lowest BCUT2D eigenvalue weighted by Gasteiger charge is -2.03. The van der Waals surface area contributed by atoms with Gasteiger partial charge < -0.3 is 9.47 Å². The van der Waals surface area contributed by atoms with E-state index in [0.717, 1.165) is 17.1 Å². The summed E-state index contributed by atoms with van der Waals surface area (Å²) in [6, 6.07) is 11.5. The summed E-state index contributed by atoms with van der Waals surface area (Å²) in [7, 11) is 1.36. The average Bonchev–Trinajstić information content (AvgIpc) is 3.04. The summed E-state index contributed by atoms with van der Waals surface area (Å²) >= 11 is 0. The molecule has 108 valence electrons. The van der Waals surface area contributed by atoms with Gasteiger partial charge in [0.05, 0.1) is 31.1 Å². The zero-order valence-electron chi connectivity index (χ0n) is 11.6. The lowest BCUT2D eigenvalue weighted by molar-refractivity contribution is -0.139. The maximum absolute atomic E-state index is 11.2. The van der Waals surface area contributed by atoms with Gasteiger partial charge in [0.15, 0.2) is 5.65 Å². The predicted molar refractivity (Wildman–Crippen MR) is 76.0 cm³/mol. The van der Waals surface area contributed by atoms with Gasteiger partial charge in [0.1, 0.15) is 12.4 Å². The van der Waals surface area contributed by atoms with Crippen LogP contribution in [-0.4, -0.2) is 27.7 Å². The highest BCUT2D eigenvalue weighted by molar-refractivity contribution is 5.72. The van der Waals surface area contributed by atoms with Crippen molar-refractivity contribution in [2.45, 2.75) is 13.0 Å². The highest BCUT2D eigenvalue weighted by Crippen LogP contribution is 2.13. The first-order valence-electron chi connectivity index (χ1n) is 6.55. The van der Waals surface area contributed by atoms with E-state index in [1.165, 1.54) is 7.11 Å². The molecule has 0 saturated carbocycles. The van der Waals surface area contributed by atoms with Gasteiger partial charge in [-0.2, -0.15) is 0 Å². The van der Waals surface area contributed by atoms with E-state index in [-0.39, 0.29) is 12.4 Å². The Hall–Kier alpha value is -2.76. The molecule has 0 spiro atoms. The van der Waals surface area contributed by atoms with Crippen LogP contribution in [0.15, 0.2) is 42.6 Å². The van der Waals surface area contributed by atoms with Crippen LogP contribution in [0.5, 0.6) is 5.75 Å². The third-order valence-corrected chi connectivity index (χ3v) is 3.04. The number of fused-ring (bicyclic) bond motifs is 1. The van der Waals surface area contributed by atoms with Crippen molar-refractivity contribution >= 4 is 11.6 Å². The fraction of sp³-hybridized carbons (Fsp3) is 0.200. The van der Waals surface area contributed by atoms with Gasteiger partial charge in [-0.05, 0) is 12.1 Å². The molecule has 2 aromatic heterocycles. The summed E-state index contributed by atoms with van der Waals surface area (Å²) in [6.45, 7) is 0.430. The molecule has 0 aliphatic carbocycles. The zero-order valence-corrected chi connectivity index (χ0v) is 11.6. The topological polar surface area (TPSA) is 68.6 Å². The van der Waals surface area contributed by atoms with Crippen LogP contribution < -0.4 is 4.74 Å². The minimum Gasteiger partial charge on any atom is -0.487 e. The van der Waals surface area contributed by atoms with Gasteiger partial charge in [-0.25, -0.2) is 9.50 Å². The van der Waals surface area contributed by atoms with E-state index in [1.807, 2.05) is 36.4 Å². The second-order valence-corrected chi connectivity index (χ2v) is 4.60. The number of benzene rings is 1. The van der Waals surface area contributed by atoms with Crippen molar-refractivity contribution in [2.24, 2.45) is 0 Å². The maximum atomic E-state index is 11.2. The van der Waals surface area contributed by atoms with Gasteiger partial charge in [-0.15, -0.1) is 0 Å². The molecule has 0 unspecified atom stereocenters. The molecule has 0 aliphatic heterocycles. The first kappa shape index (κ1) is 13.2. The van der Waals surface area contributed by atoms with Gasteiger partial charge in [-0.3, -0.25) is 9.89 Å². The van der Waals surface area contributed by atoms with Crippen molar-refractivity contribution in [3.05, 3.63) is 54.0 Å². The number of nitrogens with one attached hydrogen (secondary N) is 1. The van der Waals surface area contributed by atoms with E-state index >= 15 is 0 Å². The van der Waals surface area contributed by atoms with Gasteiger partial charge in [-0.1, -0.05) is 18.2 Å². The number of ether oxygens (including phenoxy) is 2. The van der Waals surface area contributed by atoms with Crippen LogP contribution in [0.3, 0.4) is 0 Å². The summed E-state index contributed by atoms with van der Waals surface area (Å²) in [5.41, 5.74) is 2.33. The molecule has 21 heavy (non-hydrogen) atoms. The van der Waals surface area contributed by atoms with Crippen molar-refractivity contribution in [2.75, 3.05) is 7.11 Å². The molecule has 6 heteroatoms. The molecule has 0 aliphatic rings. The number of methoxy groups -OCH3 is 1. The molecule has 1 N–H and O–H groups in total. The van der Waals surface area contributed by atoms with E-state index in [9.17, 15) is 4.79 Å². The molecule has 3 rings (SSSR count). The minimum atomic E-state index is -0.302. The summed E-state index contributed by atoms with van der Waals surface area (Å²) in [6.07, 6.45) is 1.94. The van der Waals surface area contributed by atoms with E-state index < -0.39 is 0 Å². The minimum absolute atomic E-state index is 0.169. The normalized spacial score (nSPS) is 10.7. The Balaban J connectivity index is 1.68. The van der Waals surface area contributed by atoms with Crippen molar-refractivity contribution in [3.8, 4) is 5.75 Å². The highest BCUT2D eigenvalue weighted by Gasteiger charge is 2.09. The molecule has 1 aromatic carbocycles. The second-order valence-electron chi connectivity index (χ2n) is 4.60. The maximum Gasteiger partial charge on any atom is 0.311 e. The second kappa shape index (κ2) is 5.70. The van der Waals surface area contributed by atoms with Crippen LogP contribution in [0.1, 0.15) is 11.4 Å². The molecule has 0 radical (unpaired) electrons. The molecule has 0 amide bonds. The Morgan fingerprint density at radius 3 is 2.86 bits per heavy atom. The van der Waals surface area contributed by atoms with Crippen LogP contribution in [0.25, 0.3) is 5.65 Å². The van der Waals surface area contributed by atoms with Crippen LogP contribution in [-0.2, 0) is 22.6 Å². The van der Waals surface area contributed by atoms with Gasteiger partial charge in [0.2, 0.25) is 0 Å². The number of aromatic nitrogens is 3. The summed E-state index contributed by atoms with van der Waals surface area (Å²) < 4.78 is 12.0. The van der Waals surface area contributed by atoms with Gasteiger partial charge in [0, 0.05) is 6.07 Å². The van der Waals surface area contributed by atoms with Gasteiger partial charge in [0.25, 0.3) is 0 Å². The van der Waals surface area contributed by atoms with Gasteiger partial charge >= 0.3 is 5.97 Å². The van der Waals surface area contributed by atoms with E-state index in [0.29, 0.717) is 12.3 Å². The molecule has 2 heterocycles. The largest absolute Gasteiger partial charge is 0.487 e. The molecule has 0 fully saturated rings. The van der Waals surface area contributed by atoms with Crippen LogP contribution in [0.2, 0.25) is 0 Å². The van der Waals surface area contributed by atoms with Crippen LogP contribution >= 0.6 is 0 Å². The number of aromatic amines is 1. The number of esters is 1. The molecule has 0 saturated heterocycles. The Morgan fingerprint density at radius 1 is 1.33 bits per heavy atom. The first-order chi connectivity index (χ1) is 10.2. The molecule has 6 nitrogen and oxygen atoms in total.